The highest BCUT2D eigenvalue weighted by atomic mass is 16.7. The van der Waals surface area contributed by atoms with E-state index >= 15 is 0 Å². The molecule has 2 aliphatic heterocycles. The molecule has 60 heavy (non-hydrogen) atoms. The van der Waals surface area contributed by atoms with Gasteiger partial charge < -0.3 is 70.0 Å². The van der Waals surface area contributed by atoms with E-state index in [1.807, 2.05) is 24.3 Å². The van der Waals surface area contributed by atoms with E-state index in [0.29, 0.717) is 46.2 Å². The zero-order valence-electron chi connectivity index (χ0n) is 32.4. The maximum atomic E-state index is 11.5. The Balaban J connectivity index is 1.21. The number of aliphatic carboxylic acids is 2. The third kappa shape index (κ3) is 10.7. The lowest BCUT2D eigenvalue weighted by atomic mass is 9.95. The number of aryl methyl sites for hydroxylation is 2. The van der Waals surface area contributed by atoms with Crippen LogP contribution in [0.5, 0.6) is 11.5 Å². The van der Waals surface area contributed by atoms with Crippen molar-refractivity contribution in [3.63, 3.8) is 0 Å². The number of carboxylic acids is 2. The first-order valence-electron chi connectivity index (χ1n) is 19.6. The summed E-state index contributed by atoms with van der Waals surface area (Å²) in [6.45, 7) is -1.26. The maximum Gasteiger partial charge on any atom is 0.307 e. The van der Waals surface area contributed by atoms with Crippen molar-refractivity contribution in [2.24, 2.45) is 0 Å². The Hall–Kier alpha value is -4.98. The first-order chi connectivity index (χ1) is 28.8. The Labute approximate surface area is 345 Å². The van der Waals surface area contributed by atoms with Crippen LogP contribution < -0.4 is 9.47 Å². The van der Waals surface area contributed by atoms with Gasteiger partial charge in [0.25, 0.3) is 0 Å². The number of ether oxygens (including phenoxy) is 4. The van der Waals surface area contributed by atoms with Gasteiger partial charge in [0.2, 0.25) is 12.6 Å². The van der Waals surface area contributed by atoms with Crippen molar-refractivity contribution in [3.05, 3.63) is 107 Å². The quantitative estimate of drug-likeness (QED) is 0.0670. The van der Waals surface area contributed by atoms with Gasteiger partial charge in [-0.2, -0.15) is 0 Å². The largest absolute Gasteiger partial charge is 0.481 e. The van der Waals surface area contributed by atoms with Crippen LogP contribution in [0.25, 0.3) is 22.3 Å². The van der Waals surface area contributed by atoms with Gasteiger partial charge >= 0.3 is 11.9 Å². The van der Waals surface area contributed by atoms with Gasteiger partial charge in [0, 0.05) is 11.1 Å². The third-order valence-corrected chi connectivity index (χ3v) is 10.6. The van der Waals surface area contributed by atoms with Gasteiger partial charge in [0.1, 0.15) is 60.3 Å². The van der Waals surface area contributed by atoms with Gasteiger partial charge in [-0.25, -0.2) is 0 Å². The molecule has 2 aliphatic rings. The molecule has 4 aromatic rings. The van der Waals surface area contributed by atoms with Crippen molar-refractivity contribution < 1.29 is 79.6 Å². The van der Waals surface area contributed by atoms with Gasteiger partial charge in [-0.3, -0.25) is 9.59 Å². The lowest BCUT2D eigenvalue weighted by Gasteiger charge is -2.39. The molecule has 16 heteroatoms. The number of carboxylic acid groups (broad SMARTS) is 2. The predicted octanol–water partition coefficient (Wildman–Crippen LogP) is 1.20. The van der Waals surface area contributed by atoms with Crippen molar-refractivity contribution in [1.29, 1.82) is 0 Å². The molecule has 10 atom stereocenters. The standard InChI is InChI=1S/C44H50O16/c45-21-33-37(51)39(53)41(55)43(59-33)57-31-13-11-23(17-29(31)27-9-3-7-25(15-27)19-35(47)48)5-1-2-6-24-12-14-32(58-44-42(56)40(54)38(52)34(22-46)60-44)30(18-24)28-10-4-8-26(16-28)20-36(49)50/h3-4,7-18,33-34,37-46,51-56H,1-2,5-6,19-22H2,(H,47,48)(H,49,50)/t33-,34-,37-,38-,39+,40+,41+,42+,43+,44+/m1/s1. The molecule has 0 amide bonds. The number of rotatable bonds is 17. The predicted molar refractivity (Wildman–Crippen MR) is 212 cm³/mol. The van der Waals surface area contributed by atoms with E-state index in [0.717, 1.165) is 24.0 Å². The fourth-order valence-corrected chi connectivity index (χ4v) is 7.41. The number of aliphatic hydroxyl groups is 8. The Morgan fingerprint density at radius 2 is 0.900 bits per heavy atom. The van der Waals surface area contributed by atoms with E-state index in [4.69, 9.17) is 18.9 Å². The highest BCUT2D eigenvalue weighted by Gasteiger charge is 2.46. The van der Waals surface area contributed by atoms with E-state index in [-0.39, 0.29) is 24.3 Å². The van der Waals surface area contributed by atoms with Gasteiger partial charge in [0.15, 0.2) is 0 Å². The molecule has 0 aliphatic carbocycles. The summed E-state index contributed by atoms with van der Waals surface area (Å²) in [4.78, 5) is 23.0. The summed E-state index contributed by atoms with van der Waals surface area (Å²) in [6.07, 6.45) is -12.7. The molecular formula is C44H50O16. The molecule has 0 radical (unpaired) electrons. The number of carbonyl (C=O) groups is 2. The Morgan fingerprint density at radius 3 is 1.27 bits per heavy atom. The van der Waals surface area contributed by atoms with E-state index in [1.54, 1.807) is 60.7 Å². The summed E-state index contributed by atoms with van der Waals surface area (Å²) in [5.74, 6) is -1.51. The summed E-state index contributed by atoms with van der Waals surface area (Å²) in [7, 11) is 0. The SMILES string of the molecule is O=C(O)Cc1cccc(-c2cc(CCCCc3ccc(O[C@H]4O[C@H](CO)[C@@H](O)[C@H](O)[C@@H]4O)c(-c4cccc(CC(=O)O)c4)c3)ccc2O[C@H]2O[C@H](CO)[C@@H](O)[C@H](O)[C@@H]2O)c1. The topological polar surface area (TPSA) is 273 Å². The fraction of sp³-hybridized carbons (Fsp3) is 0.409. The molecular weight excluding hydrogens is 784 g/mol. The molecule has 2 heterocycles. The molecule has 0 spiro atoms. The molecule has 2 fully saturated rings. The minimum Gasteiger partial charge on any atom is -0.481 e. The van der Waals surface area contributed by atoms with Crippen LogP contribution in [0, 0.1) is 0 Å². The van der Waals surface area contributed by atoms with Crippen LogP contribution >= 0.6 is 0 Å². The van der Waals surface area contributed by atoms with Crippen LogP contribution in [0.2, 0.25) is 0 Å². The van der Waals surface area contributed by atoms with Gasteiger partial charge in [-0.15, -0.1) is 0 Å². The third-order valence-electron chi connectivity index (χ3n) is 10.6. The van der Waals surface area contributed by atoms with E-state index < -0.39 is 86.6 Å². The minimum atomic E-state index is -1.65. The molecule has 0 unspecified atom stereocenters. The van der Waals surface area contributed by atoms with Crippen molar-refractivity contribution in [3.8, 4) is 33.8 Å². The smallest absolute Gasteiger partial charge is 0.307 e. The number of unbranched alkanes of at least 4 members (excludes halogenated alkanes) is 1. The highest BCUT2D eigenvalue weighted by Crippen LogP contribution is 2.37. The first kappa shape index (κ1) is 44.6. The zero-order valence-corrected chi connectivity index (χ0v) is 32.4. The average molecular weight is 835 g/mol. The first-order valence-corrected chi connectivity index (χ1v) is 19.6. The molecule has 4 aromatic carbocycles. The summed E-state index contributed by atoms with van der Waals surface area (Å²) >= 11 is 0. The van der Waals surface area contributed by atoms with Gasteiger partial charge in [-0.05, 0) is 83.3 Å². The van der Waals surface area contributed by atoms with Gasteiger partial charge in [-0.1, -0.05) is 60.7 Å². The minimum absolute atomic E-state index is 0.216. The number of hydrogen-bond acceptors (Lipinski definition) is 14. The van der Waals surface area contributed by atoms with Crippen LogP contribution in [-0.4, -0.2) is 138 Å². The molecule has 322 valence electrons. The molecule has 6 rings (SSSR count). The maximum absolute atomic E-state index is 11.5. The molecule has 2 saturated heterocycles. The normalized spacial score (nSPS) is 26.7. The molecule has 10 N–H and O–H groups in total. The second kappa shape index (κ2) is 20.1. The van der Waals surface area contributed by atoms with E-state index in [9.17, 15) is 60.7 Å². The second-order valence-electron chi connectivity index (χ2n) is 15.0. The van der Waals surface area contributed by atoms with Crippen LogP contribution in [-0.2, 0) is 44.7 Å². The summed E-state index contributed by atoms with van der Waals surface area (Å²) < 4.78 is 23.3. The fourth-order valence-electron chi connectivity index (χ4n) is 7.41. The second-order valence-corrected chi connectivity index (χ2v) is 15.0. The van der Waals surface area contributed by atoms with Crippen LogP contribution in [0.3, 0.4) is 0 Å². The molecule has 0 aromatic heterocycles. The monoisotopic (exact) mass is 834 g/mol. The highest BCUT2D eigenvalue weighted by molar-refractivity contribution is 5.76. The number of benzene rings is 4. The lowest BCUT2D eigenvalue weighted by molar-refractivity contribution is -0.277. The zero-order chi connectivity index (χ0) is 43.1. The van der Waals surface area contributed by atoms with Crippen molar-refractivity contribution in [2.75, 3.05) is 13.2 Å². The Morgan fingerprint density at radius 1 is 0.500 bits per heavy atom. The summed E-state index contributed by atoms with van der Waals surface area (Å²) in [5, 5.41) is 101. The summed E-state index contributed by atoms with van der Waals surface area (Å²) in [5.41, 5.74) is 5.27. The average Bonchev–Trinajstić information content (AvgIpc) is 3.23. The number of hydrogen-bond donors (Lipinski definition) is 10. The van der Waals surface area contributed by atoms with Crippen molar-refractivity contribution in [1.82, 2.24) is 0 Å². The van der Waals surface area contributed by atoms with Crippen molar-refractivity contribution >= 4 is 11.9 Å². The Bertz CT molecular complexity index is 1940. The van der Waals surface area contributed by atoms with Crippen LogP contribution in [0.15, 0.2) is 84.9 Å². The molecule has 0 bridgehead atoms. The number of aliphatic hydroxyl groups excluding tert-OH is 8. The van der Waals surface area contributed by atoms with Crippen LogP contribution in [0.4, 0.5) is 0 Å². The van der Waals surface area contributed by atoms with E-state index in [2.05, 4.69) is 0 Å². The Kier molecular flexibility index (Phi) is 14.9. The molecule has 0 saturated carbocycles. The molecule has 16 nitrogen and oxygen atoms in total. The van der Waals surface area contributed by atoms with Crippen molar-refractivity contribution in [2.45, 2.75) is 99.9 Å². The summed E-state index contributed by atoms with van der Waals surface area (Å²) in [6, 6.07) is 24.6. The lowest BCUT2D eigenvalue weighted by Crippen LogP contribution is -2.60. The van der Waals surface area contributed by atoms with Gasteiger partial charge in [0.05, 0.1) is 26.1 Å². The van der Waals surface area contributed by atoms with E-state index in [1.165, 1.54) is 0 Å². The van der Waals surface area contributed by atoms with Crippen LogP contribution in [0.1, 0.15) is 35.1 Å².